The number of rotatable bonds is 5. The maximum absolute atomic E-state index is 12.2. The molecule has 0 aromatic heterocycles. The second-order valence-corrected chi connectivity index (χ2v) is 4.32. The summed E-state index contributed by atoms with van der Waals surface area (Å²) in [5, 5.41) is 3.21. The van der Waals surface area contributed by atoms with E-state index in [0.29, 0.717) is 0 Å². The van der Waals surface area contributed by atoms with Crippen molar-refractivity contribution in [1.82, 2.24) is 5.32 Å². The van der Waals surface area contributed by atoms with Crippen LogP contribution >= 0.6 is 0 Å². The highest BCUT2D eigenvalue weighted by Crippen LogP contribution is 2.16. The van der Waals surface area contributed by atoms with Gasteiger partial charge in [-0.2, -0.15) is 0 Å². The molecule has 1 aromatic carbocycles. The molecule has 0 saturated carbocycles. The van der Waals surface area contributed by atoms with Crippen LogP contribution in [0.3, 0.4) is 0 Å². The molecule has 2 nitrogen and oxygen atoms in total. The van der Waals surface area contributed by atoms with Crippen LogP contribution in [0.1, 0.15) is 35.3 Å². The number of carbonyl (C=O) groups excluding carboxylic acids is 1. The fourth-order valence-electron chi connectivity index (χ4n) is 1.74. The fraction of sp³-hybridized carbons (Fsp3) is 0.500. The van der Waals surface area contributed by atoms with Crippen LogP contribution in [0.5, 0.6) is 0 Å². The van der Waals surface area contributed by atoms with Crippen molar-refractivity contribution >= 4 is 5.78 Å². The van der Waals surface area contributed by atoms with E-state index in [1.54, 1.807) is 0 Å². The topological polar surface area (TPSA) is 29.1 Å². The largest absolute Gasteiger partial charge is 0.316 e. The number of nitrogens with one attached hydrogen (secondary N) is 1. The lowest BCUT2D eigenvalue weighted by Crippen LogP contribution is -2.26. The number of hydrogen-bond donors (Lipinski definition) is 1. The Balaban J connectivity index is 2.84. The summed E-state index contributed by atoms with van der Waals surface area (Å²) in [4.78, 5) is 12.2. The van der Waals surface area contributed by atoms with Crippen LogP contribution in [-0.4, -0.2) is 18.9 Å². The molecule has 88 valence electrons. The molecule has 0 spiro atoms. The van der Waals surface area contributed by atoms with Crippen molar-refractivity contribution in [1.29, 1.82) is 0 Å². The second-order valence-electron chi connectivity index (χ2n) is 4.32. The predicted molar refractivity (Wildman–Crippen MR) is 68.0 cm³/mol. The first-order chi connectivity index (χ1) is 7.57. The molecule has 0 radical (unpaired) electrons. The Hall–Kier alpha value is -1.15. The molecule has 16 heavy (non-hydrogen) atoms. The molecule has 1 rings (SSSR count). The van der Waals surface area contributed by atoms with Gasteiger partial charge in [0.15, 0.2) is 5.78 Å². The number of hydrogen-bond acceptors (Lipinski definition) is 2. The first-order valence-electron chi connectivity index (χ1n) is 5.89. The molecule has 0 aliphatic heterocycles. The number of Topliss-reactive ketones (excluding diaryl/α,β-unsaturated/α-hetero) is 1. The van der Waals surface area contributed by atoms with Crippen LogP contribution in [0.4, 0.5) is 0 Å². The van der Waals surface area contributed by atoms with E-state index < -0.39 is 0 Å². The average molecular weight is 219 g/mol. The van der Waals surface area contributed by atoms with Crippen LogP contribution in [0, 0.1) is 19.8 Å². The van der Waals surface area contributed by atoms with Gasteiger partial charge in [-0.05, 0) is 31.5 Å². The smallest absolute Gasteiger partial charge is 0.167 e. The Morgan fingerprint density at radius 2 is 2.06 bits per heavy atom. The van der Waals surface area contributed by atoms with Crippen molar-refractivity contribution in [3.05, 3.63) is 34.9 Å². The minimum absolute atomic E-state index is 0.0421. The van der Waals surface area contributed by atoms with E-state index in [9.17, 15) is 4.79 Å². The number of ketones is 1. The monoisotopic (exact) mass is 219 g/mol. The summed E-state index contributed by atoms with van der Waals surface area (Å²) in [5.41, 5.74) is 3.16. The van der Waals surface area contributed by atoms with Gasteiger partial charge in [0, 0.05) is 18.0 Å². The Kier molecular flexibility index (Phi) is 4.69. The van der Waals surface area contributed by atoms with Crippen LogP contribution < -0.4 is 5.32 Å². The summed E-state index contributed by atoms with van der Waals surface area (Å²) in [7, 11) is 0. The van der Waals surface area contributed by atoms with Crippen LogP contribution in [0.15, 0.2) is 18.2 Å². The predicted octanol–water partition coefficient (Wildman–Crippen LogP) is 2.73. The van der Waals surface area contributed by atoms with Gasteiger partial charge >= 0.3 is 0 Å². The summed E-state index contributed by atoms with van der Waals surface area (Å²) in [6.07, 6.45) is 0. The molecule has 0 bridgehead atoms. The standard InChI is InChI=1S/C14H21NO/c1-5-15-9-11(3)14(16)13-8-6-7-10(2)12(13)4/h6-8,11,15H,5,9H2,1-4H3. The van der Waals surface area contributed by atoms with E-state index in [1.807, 2.05) is 39.0 Å². The van der Waals surface area contributed by atoms with Crippen molar-refractivity contribution in [3.63, 3.8) is 0 Å². The van der Waals surface area contributed by atoms with Crippen LogP contribution in [0.25, 0.3) is 0 Å². The van der Waals surface area contributed by atoms with E-state index in [4.69, 9.17) is 0 Å². The quantitative estimate of drug-likeness (QED) is 0.771. The molecular formula is C14H21NO. The fourth-order valence-corrected chi connectivity index (χ4v) is 1.74. The van der Waals surface area contributed by atoms with Crippen LogP contribution in [0.2, 0.25) is 0 Å². The SMILES string of the molecule is CCNCC(C)C(=O)c1cccc(C)c1C. The zero-order valence-electron chi connectivity index (χ0n) is 10.6. The zero-order valence-corrected chi connectivity index (χ0v) is 10.6. The summed E-state index contributed by atoms with van der Waals surface area (Å²) < 4.78 is 0. The average Bonchev–Trinajstić information content (AvgIpc) is 2.28. The molecule has 1 atom stereocenters. The summed E-state index contributed by atoms with van der Waals surface area (Å²) in [5.74, 6) is 0.280. The van der Waals surface area contributed by atoms with Gasteiger partial charge in [0.05, 0.1) is 0 Å². The highest BCUT2D eigenvalue weighted by molar-refractivity contribution is 5.99. The maximum atomic E-state index is 12.2. The Morgan fingerprint density at radius 1 is 1.38 bits per heavy atom. The highest BCUT2D eigenvalue weighted by atomic mass is 16.1. The molecule has 0 aliphatic rings. The first-order valence-corrected chi connectivity index (χ1v) is 5.89. The minimum atomic E-state index is 0.0421. The zero-order chi connectivity index (χ0) is 12.1. The second kappa shape index (κ2) is 5.80. The Morgan fingerprint density at radius 3 is 2.69 bits per heavy atom. The molecule has 0 heterocycles. The van der Waals surface area contributed by atoms with Crippen molar-refractivity contribution < 1.29 is 4.79 Å². The van der Waals surface area contributed by atoms with Crippen LogP contribution in [-0.2, 0) is 0 Å². The lowest BCUT2D eigenvalue weighted by molar-refractivity contribution is 0.0928. The summed E-state index contributed by atoms with van der Waals surface area (Å²) in [6.45, 7) is 9.75. The number of benzene rings is 1. The molecule has 2 heteroatoms. The first kappa shape index (κ1) is 12.9. The van der Waals surface area contributed by atoms with E-state index in [-0.39, 0.29) is 11.7 Å². The van der Waals surface area contributed by atoms with Crippen molar-refractivity contribution in [2.24, 2.45) is 5.92 Å². The van der Waals surface area contributed by atoms with E-state index in [1.165, 1.54) is 5.56 Å². The maximum Gasteiger partial charge on any atom is 0.167 e. The Labute approximate surface area is 98.1 Å². The van der Waals surface area contributed by atoms with Gasteiger partial charge in [0.2, 0.25) is 0 Å². The normalized spacial score (nSPS) is 12.5. The number of carbonyl (C=O) groups is 1. The van der Waals surface area contributed by atoms with E-state index in [0.717, 1.165) is 24.2 Å². The van der Waals surface area contributed by atoms with Gasteiger partial charge in [0.1, 0.15) is 0 Å². The van der Waals surface area contributed by atoms with E-state index >= 15 is 0 Å². The Bertz CT molecular complexity index is 371. The van der Waals surface area contributed by atoms with Gasteiger partial charge in [-0.3, -0.25) is 4.79 Å². The molecular weight excluding hydrogens is 198 g/mol. The van der Waals surface area contributed by atoms with Gasteiger partial charge in [-0.1, -0.05) is 32.0 Å². The van der Waals surface area contributed by atoms with Crippen molar-refractivity contribution in [3.8, 4) is 0 Å². The van der Waals surface area contributed by atoms with Gasteiger partial charge < -0.3 is 5.32 Å². The lowest BCUT2D eigenvalue weighted by Gasteiger charge is -2.13. The molecule has 0 aliphatic carbocycles. The third-order valence-electron chi connectivity index (χ3n) is 3.02. The summed E-state index contributed by atoms with van der Waals surface area (Å²) >= 11 is 0. The molecule has 0 fully saturated rings. The third-order valence-corrected chi connectivity index (χ3v) is 3.02. The molecule has 1 N–H and O–H groups in total. The molecule has 0 amide bonds. The molecule has 1 aromatic rings. The lowest BCUT2D eigenvalue weighted by atomic mass is 9.93. The van der Waals surface area contributed by atoms with Crippen molar-refractivity contribution in [2.75, 3.05) is 13.1 Å². The minimum Gasteiger partial charge on any atom is -0.316 e. The van der Waals surface area contributed by atoms with E-state index in [2.05, 4.69) is 12.2 Å². The third kappa shape index (κ3) is 2.92. The summed E-state index contributed by atoms with van der Waals surface area (Å²) in [6, 6.07) is 5.92. The van der Waals surface area contributed by atoms with Gasteiger partial charge in [-0.25, -0.2) is 0 Å². The van der Waals surface area contributed by atoms with Gasteiger partial charge in [-0.15, -0.1) is 0 Å². The number of aryl methyl sites for hydroxylation is 1. The molecule has 1 unspecified atom stereocenters. The highest BCUT2D eigenvalue weighted by Gasteiger charge is 2.16. The van der Waals surface area contributed by atoms with Crippen molar-refractivity contribution in [2.45, 2.75) is 27.7 Å². The molecule has 0 saturated heterocycles. The van der Waals surface area contributed by atoms with Gasteiger partial charge in [0.25, 0.3) is 0 Å².